The van der Waals surface area contributed by atoms with E-state index in [2.05, 4.69) is 0 Å². The van der Waals surface area contributed by atoms with Gasteiger partial charge in [-0.2, -0.15) is 0 Å². The first-order valence-electron chi connectivity index (χ1n) is 5.51. The fraction of sp³-hybridized carbons (Fsp3) is 0.429. The van der Waals surface area contributed by atoms with Gasteiger partial charge >= 0.3 is 0 Å². The van der Waals surface area contributed by atoms with E-state index < -0.39 is 5.92 Å². The minimum absolute atomic E-state index is 0.0457. The first-order chi connectivity index (χ1) is 7.43. The minimum Gasteiger partial charge on any atom is -0.299 e. The van der Waals surface area contributed by atoms with Crippen LogP contribution in [0.3, 0.4) is 0 Å². The summed E-state index contributed by atoms with van der Waals surface area (Å²) in [5.74, 6) is -0.667. The van der Waals surface area contributed by atoms with Gasteiger partial charge in [0.05, 0.1) is 5.92 Å². The third kappa shape index (κ3) is 2.78. The van der Waals surface area contributed by atoms with Crippen LogP contribution in [0.15, 0.2) is 24.3 Å². The van der Waals surface area contributed by atoms with E-state index in [1.165, 1.54) is 19.4 Å². The third-order valence-electron chi connectivity index (χ3n) is 2.98. The topological polar surface area (TPSA) is 34.1 Å². The molecule has 0 aliphatic rings. The highest BCUT2D eigenvalue weighted by Crippen LogP contribution is 2.26. The second-order valence-corrected chi connectivity index (χ2v) is 4.40. The summed E-state index contributed by atoms with van der Waals surface area (Å²) in [6, 6.07) is 7.98. The molecule has 16 heavy (non-hydrogen) atoms. The van der Waals surface area contributed by atoms with Crippen LogP contribution in [0.2, 0.25) is 0 Å². The van der Waals surface area contributed by atoms with E-state index in [1.54, 1.807) is 0 Å². The van der Waals surface area contributed by atoms with Gasteiger partial charge in [-0.25, -0.2) is 0 Å². The maximum Gasteiger partial charge on any atom is 0.140 e. The molecule has 0 saturated carbocycles. The quantitative estimate of drug-likeness (QED) is 0.728. The summed E-state index contributed by atoms with van der Waals surface area (Å²) in [5, 5.41) is 0. The van der Waals surface area contributed by atoms with Gasteiger partial charge in [-0.3, -0.25) is 9.59 Å². The van der Waals surface area contributed by atoms with Crippen LogP contribution >= 0.6 is 0 Å². The molecule has 0 aliphatic carbocycles. The van der Waals surface area contributed by atoms with Gasteiger partial charge in [0.1, 0.15) is 11.6 Å². The van der Waals surface area contributed by atoms with Crippen LogP contribution in [-0.2, 0) is 9.59 Å². The Hall–Kier alpha value is -1.44. The van der Waals surface area contributed by atoms with Gasteiger partial charge in [0.2, 0.25) is 0 Å². The molecule has 86 valence electrons. The van der Waals surface area contributed by atoms with Gasteiger partial charge in [-0.05, 0) is 32.3 Å². The summed E-state index contributed by atoms with van der Waals surface area (Å²) in [6.07, 6.45) is 0. The Morgan fingerprint density at radius 2 is 1.44 bits per heavy atom. The number of carbonyl (C=O) groups excluding carboxylic acids is 2. The summed E-state index contributed by atoms with van der Waals surface area (Å²) in [5.41, 5.74) is 2.22. The van der Waals surface area contributed by atoms with Crippen LogP contribution in [0.1, 0.15) is 37.8 Å². The molecule has 2 heteroatoms. The predicted molar refractivity (Wildman–Crippen MR) is 64.4 cm³/mol. The van der Waals surface area contributed by atoms with Crippen molar-refractivity contribution in [2.24, 2.45) is 5.92 Å². The maximum atomic E-state index is 11.4. The first-order valence-corrected chi connectivity index (χ1v) is 5.51. The largest absolute Gasteiger partial charge is 0.299 e. The zero-order chi connectivity index (χ0) is 12.3. The smallest absolute Gasteiger partial charge is 0.140 e. The van der Waals surface area contributed by atoms with E-state index in [0.29, 0.717) is 0 Å². The van der Waals surface area contributed by atoms with Crippen molar-refractivity contribution < 1.29 is 9.59 Å². The molecule has 1 unspecified atom stereocenters. The number of rotatable bonds is 4. The Bertz CT molecular complexity index is 376. The number of benzene rings is 1. The average molecular weight is 218 g/mol. The van der Waals surface area contributed by atoms with Crippen LogP contribution < -0.4 is 0 Å². The second kappa shape index (κ2) is 5.06. The molecule has 0 saturated heterocycles. The molecule has 2 nitrogen and oxygen atoms in total. The van der Waals surface area contributed by atoms with Crippen LogP contribution in [0, 0.1) is 12.8 Å². The Balaban J connectivity index is 2.99. The van der Waals surface area contributed by atoms with Crippen molar-refractivity contribution in [3.8, 4) is 0 Å². The van der Waals surface area contributed by atoms with Crippen molar-refractivity contribution in [2.45, 2.75) is 33.6 Å². The molecule has 0 spiro atoms. The van der Waals surface area contributed by atoms with Gasteiger partial charge in [0, 0.05) is 0 Å². The van der Waals surface area contributed by atoms with Crippen LogP contribution in [0.4, 0.5) is 0 Å². The van der Waals surface area contributed by atoms with Crippen molar-refractivity contribution in [3.05, 3.63) is 35.4 Å². The van der Waals surface area contributed by atoms with E-state index in [4.69, 9.17) is 0 Å². The Morgan fingerprint density at radius 3 is 1.81 bits per heavy atom. The molecule has 0 heterocycles. The predicted octanol–water partition coefficient (Wildman–Crippen LogP) is 2.89. The lowest BCUT2D eigenvalue weighted by Crippen LogP contribution is -2.25. The normalized spacial score (nSPS) is 12.6. The summed E-state index contributed by atoms with van der Waals surface area (Å²) in [6.45, 7) is 6.91. The monoisotopic (exact) mass is 218 g/mol. The Labute approximate surface area is 96.7 Å². The van der Waals surface area contributed by atoms with Crippen molar-refractivity contribution in [1.82, 2.24) is 0 Å². The lowest BCUT2D eigenvalue weighted by atomic mass is 9.82. The van der Waals surface area contributed by atoms with Crippen LogP contribution in [0.25, 0.3) is 0 Å². The molecule has 0 aliphatic heterocycles. The van der Waals surface area contributed by atoms with Crippen molar-refractivity contribution in [3.63, 3.8) is 0 Å². The maximum absolute atomic E-state index is 11.4. The molecule has 0 fully saturated rings. The highest BCUT2D eigenvalue weighted by molar-refractivity contribution is 6.01. The molecule has 0 radical (unpaired) electrons. The molecular weight excluding hydrogens is 200 g/mol. The lowest BCUT2D eigenvalue weighted by Gasteiger charge is -2.19. The van der Waals surface area contributed by atoms with E-state index in [-0.39, 0.29) is 17.5 Å². The zero-order valence-electron chi connectivity index (χ0n) is 10.3. The van der Waals surface area contributed by atoms with Crippen LogP contribution in [-0.4, -0.2) is 11.6 Å². The van der Waals surface area contributed by atoms with E-state index in [9.17, 15) is 9.59 Å². The molecule has 1 aromatic carbocycles. The average Bonchev–Trinajstić information content (AvgIpc) is 2.17. The number of Topliss-reactive ketones (excluding diaryl/α,β-unsaturated/α-hetero) is 2. The van der Waals surface area contributed by atoms with Crippen LogP contribution in [0.5, 0.6) is 0 Å². The minimum atomic E-state index is -0.511. The molecule has 1 atom stereocenters. The zero-order valence-corrected chi connectivity index (χ0v) is 10.3. The summed E-state index contributed by atoms with van der Waals surface area (Å²) in [4.78, 5) is 22.9. The highest BCUT2D eigenvalue weighted by Gasteiger charge is 2.27. The molecule has 0 aromatic heterocycles. The molecule has 1 aromatic rings. The van der Waals surface area contributed by atoms with Gasteiger partial charge in [-0.1, -0.05) is 36.8 Å². The molecule has 0 bridgehead atoms. The van der Waals surface area contributed by atoms with E-state index in [1.807, 2.05) is 38.1 Å². The summed E-state index contributed by atoms with van der Waals surface area (Å²) >= 11 is 0. The molecule has 1 rings (SSSR count). The van der Waals surface area contributed by atoms with Crippen molar-refractivity contribution in [1.29, 1.82) is 0 Å². The highest BCUT2D eigenvalue weighted by atomic mass is 16.1. The number of hydrogen-bond donors (Lipinski definition) is 0. The summed E-state index contributed by atoms with van der Waals surface area (Å²) < 4.78 is 0. The van der Waals surface area contributed by atoms with E-state index >= 15 is 0 Å². The molecule has 0 amide bonds. The number of carbonyl (C=O) groups is 2. The number of hydrogen-bond acceptors (Lipinski definition) is 2. The molecule has 0 N–H and O–H groups in total. The fourth-order valence-corrected chi connectivity index (χ4v) is 2.05. The van der Waals surface area contributed by atoms with Gasteiger partial charge in [0.15, 0.2) is 0 Å². The second-order valence-electron chi connectivity index (χ2n) is 4.40. The lowest BCUT2D eigenvalue weighted by molar-refractivity contribution is -0.131. The number of aryl methyl sites for hydroxylation is 1. The van der Waals surface area contributed by atoms with Gasteiger partial charge in [-0.15, -0.1) is 0 Å². The fourth-order valence-electron chi connectivity index (χ4n) is 2.05. The van der Waals surface area contributed by atoms with E-state index in [0.717, 1.165) is 5.56 Å². The Kier molecular flexibility index (Phi) is 3.99. The number of ketones is 2. The van der Waals surface area contributed by atoms with Gasteiger partial charge < -0.3 is 0 Å². The Morgan fingerprint density at radius 1 is 1.00 bits per heavy atom. The third-order valence-corrected chi connectivity index (χ3v) is 2.98. The first kappa shape index (κ1) is 12.6. The summed E-state index contributed by atoms with van der Waals surface area (Å²) in [7, 11) is 0. The van der Waals surface area contributed by atoms with Gasteiger partial charge in [0.25, 0.3) is 0 Å². The molecular formula is C14H18O2. The SMILES string of the molecule is CC(=O)C(C(C)=O)C(C)c1ccc(C)cc1. The standard InChI is InChI=1S/C14H18O2/c1-9-5-7-13(8-6-9)10(2)14(11(3)15)12(4)16/h5-8,10,14H,1-4H3. The van der Waals surface area contributed by atoms with Crippen molar-refractivity contribution >= 4 is 11.6 Å². The van der Waals surface area contributed by atoms with Crippen molar-refractivity contribution in [2.75, 3.05) is 0 Å².